The number of nitrogens with zero attached hydrogens (tertiary/aromatic N) is 3. The van der Waals surface area contributed by atoms with Gasteiger partial charge in [0.1, 0.15) is 15.8 Å². The number of halogens is 1. The number of likely N-dealkylation sites (tertiary alicyclic amines) is 1. The molecule has 0 spiro atoms. The van der Waals surface area contributed by atoms with Gasteiger partial charge < -0.3 is 10.2 Å². The van der Waals surface area contributed by atoms with Gasteiger partial charge >= 0.3 is 6.03 Å². The highest BCUT2D eigenvalue weighted by Crippen LogP contribution is 2.28. The largest absolute Gasteiger partial charge is 0.334 e. The van der Waals surface area contributed by atoms with Crippen LogP contribution in [0.15, 0.2) is 24.3 Å². The number of hydrogen-bond acceptors (Lipinski definition) is 4. The monoisotopic (exact) mass is 334 g/mol. The van der Waals surface area contributed by atoms with Crippen molar-refractivity contribution in [3.8, 4) is 0 Å². The molecule has 1 N–H and O–H groups in total. The molecule has 0 radical (unpaired) electrons. The molecule has 1 aliphatic heterocycles. The van der Waals surface area contributed by atoms with Gasteiger partial charge in [0, 0.05) is 25.6 Å². The van der Waals surface area contributed by atoms with Crippen molar-refractivity contribution < 1.29 is 9.18 Å². The second-order valence-electron chi connectivity index (χ2n) is 5.73. The smallest absolute Gasteiger partial charge is 0.317 e. The maximum absolute atomic E-state index is 12.9. The van der Waals surface area contributed by atoms with E-state index in [9.17, 15) is 9.18 Å². The Morgan fingerprint density at radius 3 is 2.87 bits per heavy atom. The molecule has 0 aliphatic carbocycles. The standard InChI is InChI=1S/C16H19FN4OS/c1-11-19-20-15(23-11)13-3-2-8-21(10-13)16(22)18-9-12-4-6-14(17)7-5-12/h4-7,13H,2-3,8-10H2,1H3,(H,18,22)/t13-/m0/s1. The van der Waals surface area contributed by atoms with Gasteiger partial charge in [-0.25, -0.2) is 9.18 Å². The number of aryl methyl sites for hydroxylation is 1. The van der Waals surface area contributed by atoms with Gasteiger partial charge in [0.15, 0.2) is 0 Å². The molecule has 2 amide bonds. The minimum absolute atomic E-state index is 0.0831. The fraction of sp³-hybridized carbons (Fsp3) is 0.438. The molecule has 5 nitrogen and oxygen atoms in total. The molecule has 0 bridgehead atoms. The van der Waals surface area contributed by atoms with E-state index in [0.29, 0.717) is 13.1 Å². The second kappa shape index (κ2) is 7.04. The van der Waals surface area contributed by atoms with Crippen LogP contribution in [0.2, 0.25) is 0 Å². The number of nitrogens with one attached hydrogen (secondary N) is 1. The first-order valence-electron chi connectivity index (χ1n) is 7.69. The minimum Gasteiger partial charge on any atom is -0.334 e. The lowest BCUT2D eigenvalue weighted by Crippen LogP contribution is -2.44. The number of rotatable bonds is 3. The molecule has 2 aromatic rings. The lowest BCUT2D eigenvalue weighted by Gasteiger charge is -2.31. The van der Waals surface area contributed by atoms with Crippen molar-refractivity contribution >= 4 is 17.4 Å². The Balaban J connectivity index is 1.55. The number of piperidine rings is 1. The van der Waals surface area contributed by atoms with E-state index in [0.717, 1.165) is 35.0 Å². The molecule has 1 aromatic carbocycles. The van der Waals surface area contributed by atoms with Gasteiger partial charge in [-0.05, 0) is 37.5 Å². The Morgan fingerprint density at radius 2 is 2.17 bits per heavy atom. The van der Waals surface area contributed by atoms with Crippen molar-refractivity contribution in [2.45, 2.75) is 32.2 Å². The van der Waals surface area contributed by atoms with E-state index < -0.39 is 0 Å². The van der Waals surface area contributed by atoms with Crippen LogP contribution in [0.3, 0.4) is 0 Å². The molecule has 0 unspecified atom stereocenters. The van der Waals surface area contributed by atoms with Gasteiger partial charge in [-0.15, -0.1) is 21.5 Å². The predicted octanol–water partition coefficient (Wildman–Crippen LogP) is 3.07. The molecule has 1 aliphatic rings. The zero-order valence-corrected chi connectivity index (χ0v) is 13.8. The highest BCUT2D eigenvalue weighted by Gasteiger charge is 2.26. The quantitative estimate of drug-likeness (QED) is 0.938. The maximum atomic E-state index is 12.9. The predicted molar refractivity (Wildman–Crippen MR) is 86.8 cm³/mol. The fourth-order valence-corrected chi connectivity index (χ4v) is 3.56. The van der Waals surface area contributed by atoms with E-state index >= 15 is 0 Å². The summed E-state index contributed by atoms with van der Waals surface area (Å²) in [5.74, 6) is -0.00202. The lowest BCUT2D eigenvalue weighted by atomic mass is 9.99. The van der Waals surface area contributed by atoms with E-state index in [-0.39, 0.29) is 17.8 Å². The van der Waals surface area contributed by atoms with E-state index in [1.807, 2.05) is 11.8 Å². The van der Waals surface area contributed by atoms with Gasteiger partial charge in [-0.3, -0.25) is 0 Å². The first-order valence-corrected chi connectivity index (χ1v) is 8.50. The minimum atomic E-state index is -0.272. The SMILES string of the molecule is Cc1nnc([C@H]2CCCN(C(=O)NCc3ccc(F)cc3)C2)s1. The summed E-state index contributed by atoms with van der Waals surface area (Å²) >= 11 is 1.60. The molecule has 7 heteroatoms. The third kappa shape index (κ3) is 4.04. The highest BCUT2D eigenvalue weighted by molar-refractivity contribution is 7.11. The van der Waals surface area contributed by atoms with Crippen LogP contribution in [-0.4, -0.2) is 34.2 Å². The van der Waals surface area contributed by atoms with Crippen LogP contribution >= 0.6 is 11.3 Å². The van der Waals surface area contributed by atoms with Crippen LogP contribution < -0.4 is 5.32 Å². The average molecular weight is 334 g/mol. The molecule has 3 rings (SSSR count). The normalized spacial score (nSPS) is 18.0. The van der Waals surface area contributed by atoms with Gasteiger partial charge in [0.2, 0.25) is 0 Å². The average Bonchev–Trinajstić information content (AvgIpc) is 3.01. The number of carbonyl (C=O) groups is 1. The summed E-state index contributed by atoms with van der Waals surface area (Å²) in [6.45, 7) is 3.77. The van der Waals surface area contributed by atoms with E-state index in [1.54, 1.807) is 23.5 Å². The van der Waals surface area contributed by atoms with Crippen molar-refractivity contribution in [1.82, 2.24) is 20.4 Å². The molecule has 2 heterocycles. The van der Waals surface area contributed by atoms with Crippen molar-refractivity contribution in [1.29, 1.82) is 0 Å². The molecular weight excluding hydrogens is 315 g/mol. The molecule has 1 aromatic heterocycles. The number of amides is 2. The van der Waals surface area contributed by atoms with Crippen LogP contribution in [0.25, 0.3) is 0 Å². The molecule has 1 atom stereocenters. The van der Waals surface area contributed by atoms with E-state index in [1.165, 1.54) is 12.1 Å². The van der Waals surface area contributed by atoms with Crippen LogP contribution in [0, 0.1) is 12.7 Å². The Bertz CT molecular complexity index is 673. The summed E-state index contributed by atoms with van der Waals surface area (Å²) in [4.78, 5) is 14.2. The summed E-state index contributed by atoms with van der Waals surface area (Å²) in [7, 11) is 0. The molecular formula is C16H19FN4OS. The lowest BCUT2D eigenvalue weighted by molar-refractivity contribution is 0.179. The van der Waals surface area contributed by atoms with Crippen molar-refractivity contribution in [2.75, 3.05) is 13.1 Å². The first-order chi connectivity index (χ1) is 11.1. The Hall–Kier alpha value is -2.02. The van der Waals surface area contributed by atoms with Gasteiger partial charge in [0.05, 0.1) is 0 Å². The zero-order chi connectivity index (χ0) is 16.2. The summed E-state index contributed by atoms with van der Waals surface area (Å²) in [5, 5.41) is 13.1. The fourth-order valence-electron chi connectivity index (χ4n) is 2.73. The van der Waals surface area contributed by atoms with E-state index in [2.05, 4.69) is 15.5 Å². The van der Waals surface area contributed by atoms with Crippen LogP contribution in [0.5, 0.6) is 0 Å². The highest BCUT2D eigenvalue weighted by atomic mass is 32.1. The van der Waals surface area contributed by atoms with Crippen LogP contribution in [0.4, 0.5) is 9.18 Å². The Morgan fingerprint density at radius 1 is 1.39 bits per heavy atom. The zero-order valence-electron chi connectivity index (χ0n) is 13.0. The summed E-state index contributed by atoms with van der Waals surface area (Å²) < 4.78 is 12.9. The topological polar surface area (TPSA) is 58.1 Å². The number of benzene rings is 1. The summed E-state index contributed by atoms with van der Waals surface area (Å²) in [6.07, 6.45) is 2.00. The third-order valence-corrected chi connectivity index (χ3v) is 4.96. The number of hydrogen-bond donors (Lipinski definition) is 1. The third-order valence-electron chi connectivity index (χ3n) is 3.96. The molecule has 0 saturated carbocycles. The van der Waals surface area contributed by atoms with Crippen molar-refractivity contribution in [2.24, 2.45) is 0 Å². The summed E-state index contributed by atoms with van der Waals surface area (Å²) in [6, 6.07) is 6.07. The molecule has 122 valence electrons. The maximum Gasteiger partial charge on any atom is 0.317 e. The van der Waals surface area contributed by atoms with Crippen LogP contribution in [-0.2, 0) is 6.54 Å². The first kappa shape index (κ1) is 15.9. The molecule has 23 heavy (non-hydrogen) atoms. The molecule has 1 fully saturated rings. The Labute approximate surface area is 138 Å². The van der Waals surface area contributed by atoms with Crippen molar-refractivity contribution in [3.63, 3.8) is 0 Å². The van der Waals surface area contributed by atoms with Crippen LogP contribution in [0.1, 0.15) is 34.3 Å². The number of urea groups is 1. The Kier molecular flexibility index (Phi) is 4.85. The number of aromatic nitrogens is 2. The van der Waals surface area contributed by atoms with Crippen molar-refractivity contribution in [3.05, 3.63) is 45.7 Å². The summed E-state index contributed by atoms with van der Waals surface area (Å²) in [5.41, 5.74) is 0.882. The number of carbonyl (C=O) groups excluding carboxylic acids is 1. The second-order valence-corrected chi connectivity index (χ2v) is 6.94. The van der Waals surface area contributed by atoms with E-state index in [4.69, 9.17) is 0 Å². The van der Waals surface area contributed by atoms with Gasteiger partial charge in [-0.1, -0.05) is 12.1 Å². The van der Waals surface area contributed by atoms with Gasteiger partial charge in [0.25, 0.3) is 0 Å². The van der Waals surface area contributed by atoms with Gasteiger partial charge in [-0.2, -0.15) is 0 Å². The molecule has 1 saturated heterocycles.